The van der Waals surface area contributed by atoms with E-state index in [1.807, 2.05) is 24.3 Å². The highest BCUT2D eigenvalue weighted by atomic mass is 127. The molecule has 1 atom stereocenters. The number of ether oxygens (including phenoxy) is 3. The van der Waals surface area contributed by atoms with Gasteiger partial charge in [0.2, 0.25) is 0 Å². The third-order valence-electron chi connectivity index (χ3n) is 6.55. The van der Waals surface area contributed by atoms with E-state index < -0.39 is 0 Å². The van der Waals surface area contributed by atoms with Crippen LogP contribution in [-0.2, 0) is 5.41 Å². The summed E-state index contributed by atoms with van der Waals surface area (Å²) in [5, 5.41) is 3.42. The Morgan fingerprint density at radius 3 is 2.55 bits per heavy atom. The number of nitrogens with zero attached hydrogens (tertiary/aromatic N) is 1. The zero-order chi connectivity index (χ0) is 20.4. The number of hydrogen-bond donors (Lipinski definition) is 2. The van der Waals surface area contributed by atoms with Gasteiger partial charge in [-0.05, 0) is 36.6 Å². The number of halogens is 1. The Balaban J connectivity index is 0.00000231. The van der Waals surface area contributed by atoms with Crippen molar-refractivity contribution in [1.29, 1.82) is 0 Å². The third-order valence-corrected chi connectivity index (χ3v) is 6.55. The highest BCUT2D eigenvalue weighted by molar-refractivity contribution is 14.0. The highest BCUT2D eigenvalue weighted by Crippen LogP contribution is 2.44. The van der Waals surface area contributed by atoms with Crippen LogP contribution in [0.15, 0.2) is 47.5 Å². The SMILES string of the molecule is I.NC(=NCC1(c2ccc3c(c2)OCCO3)CCCC1)NC1CCOc2ccccc21. The predicted molar refractivity (Wildman–Crippen MR) is 132 cm³/mol. The molecule has 5 rings (SSSR count). The number of aliphatic imine (C=N–C) groups is 1. The molecule has 2 aromatic rings. The minimum absolute atomic E-state index is 0. The zero-order valence-electron chi connectivity index (χ0n) is 17.6. The molecule has 7 heteroatoms. The van der Waals surface area contributed by atoms with E-state index in [1.54, 1.807) is 0 Å². The smallest absolute Gasteiger partial charge is 0.189 e. The number of rotatable bonds is 4. The van der Waals surface area contributed by atoms with E-state index in [1.165, 1.54) is 18.4 Å². The van der Waals surface area contributed by atoms with E-state index in [9.17, 15) is 0 Å². The lowest BCUT2D eigenvalue weighted by atomic mass is 9.79. The van der Waals surface area contributed by atoms with E-state index in [2.05, 4.69) is 23.5 Å². The summed E-state index contributed by atoms with van der Waals surface area (Å²) in [5.41, 5.74) is 8.77. The maximum Gasteiger partial charge on any atom is 0.189 e. The van der Waals surface area contributed by atoms with Crippen molar-refractivity contribution in [3.63, 3.8) is 0 Å². The number of guanidine groups is 1. The zero-order valence-corrected chi connectivity index (χ0v) is 20.0. The summed E-state index contributed by atoms with van der Waals surface area (Å²) in [4.78, 5) is 4.80. The summed E-state index contributed by atoms with van der Waals surface area (Å²) in [7, 11) is 0. The highest BCUT2D eigenvalue weighted by Gasteiger charge is 2.36. The largest absolute Gasteiger partial charge is 0.493 e. The topological polar surface area (TPSA) is 78.1 Å². The Hall–Kier alpha value is -2.16. The fourth-order valence-corrected chi connectivity index (χ4v) is 4.92. The van der Waals surface area contributed by atoms with Gasteiger partial charge >= 0.3 is 0 Å². The van der Waals surface area contributed by atoms with E-state index >= 15 is 0 Å². The van der Waals surface area contributed by atoms with Gasteiger partial charge in [0.1, 0.15) is 19.0 Å². The van der Waals surface area contributed by atoms with Crippen molar-refractivity contribution in [3.8, 4) is 17.2 Å². The summed E-state index contributed by atoms with van der Waals surface area (Å²) in [6.45, 7) is 2.57. The van der Waals surface area contributed by atoms with Crippen LogP contribution in [0, 0.1) is 0 Å². The van der Waals surface area contributed by atoms with Crippen LogP contribution in [0.5, 0.6) is 17.2 Å². The number of benzene rings is 2. The molecule has 0 spiro atoms. The molecule has 1 fully saturated rings. The van der Waals surface area contributed by atoms with Crippen LogP contribution in [0.1, 0.15) is 49.3 Å². The van der Waals surface area contributed by atoms with Crippen LogP contribution in [0.4, 0.5) is 0 Å². The molecular formula is C24H30IN3O3. The molecule has 31 heavy (non-hydrogen) atoms. The quantitative estimate of drug-likeness (QED) is 0.347. The van der Waals surface area contributed by atoms with Crippen LogP contribution < -0.4 is 25.3 Å². The fraction of sp³-hybridized carbons (Fsp3) is 0.458. The molecule has 0 bridgehead atoms. The van der Waals surface area contributed by atoms with Gasteiger partial charge in [-0.1, -0.05) is 37.1 Å². The van der Waals surface area contributed by atoms with Gasteiger partial charge in [0.15, 0.2) is 17.5 Å². The first-order valence-corrected chi connectivity index (χ1v) is 10.9. The molecule has 0 aromatic heterocycles. The lowest BCUT2D eigenvalue weighted by molar-refractivity contribution is 0.171. The molecule has 166 valence electrons. The molecule has 1 saturated carbocycles. The Morgan fingerprint density at radius 2 is 1.71 bits per heavy atom. The van der Waals surface area contributed by atoms with Crippen LogP contribution in [0.25, 0.3) is 0 Å². The minimum Gasteiger partial charge on any atom is -0.493 e. The second-order valence-corrected chi connectivity index (χ2v) is 8.42. The first-order chi connectivity index (χ1) is 14.7. The van der Waals surface area contributed by atoms with Gasteiger partial charge in [0.05, 0.1) is 19.2 Å². The van der Waals surface area contributed by atoms with Crippen molar-refractivity contribution in [2.45, 2.75) is 43.6 Å². The minimum atomic E-state index is 0. The molecule has 2 aliphatic heterocycles. The molecular weight excluding hydrogens is 505 g/mol. The van der Waals surface area contributed by atoms with Crippen LogP contribution in [0.3, 0.4) is 0 Å². The average molecular weight is 535 g/mol. The first-order valence-electron chi connectivity index (χ1n) is 10.9. The normalized spacial score (nSPS) is 21.4. The van der Waals surface area contributed by atoms with E-state index in [0.29, 0.717) is 32.3 Å². The first kappa shape index (κ1) is 22.0. The van der Waals surface area contributed by atoms with Crippen molar-refractivity contribution < 1.29 is 14.2 Å². The van der Waals surface area contributed by atoms with E-state index in [4.69, 9.17) is 24.9 Å². The van der Waals surface area contributed by atoms with Crippen molar-refractivity contribution >= 4 is 29.9 Å². The van der Waals surface area contributed by atoms with Crippen molar-refractivity contribution in [1.82, 2.24) is 5.32 Å². The predicted octanol–water partition coefficient (Wildman–Crippen LogP) is 4.32. The van der Waals surface area contributed by atoms with Crippen molar-refractivity contribution in [3.05, 3.63) is 53.6 Å². The molecule has 6 nitrogen and oxygen atoms in total. The molecule has 0 amide bonds. The van der Waals surface area contributed by atoms with Gasteiger partial charge < -0.3 is 25.3 Å². The van der Waals surface area contributed by atoms with Crippen LogP contribution in [0.2, 0.25) is 0 Å². The van der Waals surface area contributed by atoms with Crippen molar-refractivity contribution in [2.75, 3.05) is 26.4 Å². The monoisotopic (exact) mass is 535 g/mol. The summed E-state index contributed by atoms with van der Waals surface area (Å²) in [6, 6.07) is 14.6. The van der Waals surface area contributed by atoms with Gasteiger partial charge in [-0.25, -0.2) is 0 Å². The third kappa shape index (κ3) is 4.56. The Morgan fingerprint density at radius 1 is 0.968 bits per heavy atom. The van der Waals surface area contributed by atoms with Gasteiger partial charge in [-0.3, -0.25) is 4.99 Å². The summed E-state index contributed by atoms with van der Waals surface area (Å²) in [5.74, 6) is 3.11. The molecule has 1 unspecified atom stereocenters. The summed E-state index contributed by atoms with van der Waals surface area (Å²) < 4.78 is 17.3. The maximum atomic E-state index is 6.34. The Labute approximate surface area is 200 Å². The lowest BCUT2D eigenvalue weighted by Gasteiger charge is -2.30. The molecule has 2 heterocycles. The van der Waals surface area contributed by atoms with Gasteiger partial charge in [0.25, 0.3) is 0 Å². The Kier molecular flexibility index (Phi) is 6.79. The number of nitrogens with two attached hydrogens (primary N) is 1. The van der Waals surface area contributed by atoms with Gasteiger partial charge in [-0.2, -0.15) is 0 Å². The second-order valence-electron chi connectivity index (χ2n) is 8.42. The van der Waals surface area contributed by atoms with Crippen LogP contribution in [-0.4, -0.2) is 32.3 Å². The summed E-state index contributed by atoms with van der Waals surface area (Å²) >= 11 is 0. The molecule has 0 saturated heterocycles. The van der Waals surface area contributed by atoms with E-state index in [-0.39, 0.29) is 35.4 Å². The molecule has 2 aromatic carbocycles. The van der Waals surface area contributed by atoms with Gasteiger partial charge in [0, 0.05) is 17.4 Å². The molecule has 0 radical (unpaired) electrons. The standard InChI is InChI=1S/C24H29N3O3.HI/c25-23(27-19-9-12-28-20-6-2-1-5-18(19)20)26-16-24(10-3-4-11-24)17-7-8-21-22(15-17)30-14-13-29-21;/h1-2,5-8,15,19H,3-4,9-14,16H2,(H3,25,26,27);1H. The number of nitrogens with one attached hydrogen (secondary N) is 1. The van der Waals surface area contributed by atoms with E-state index in [0.717, 1.165) is 42.1 Å². The molecule has 1 aliphatic carbocycles. The lowest BCUT2D eigenvalue weighted by Crippen LogP contribution is -2.38. The molecule has 3 aliphatic rings. The van der Waals surface area contributed by atoms with Gasteiger partial charge in [-0.15, -0.1) is 24.0 Å². The van der Waals surface area contributed by atoms with Crippen LogP contribution >= 0.6 is 24.0 Å². The second kappa shape index (κ2) is 9.54. The number of fused-ring (bicyclic) bond motifs is 2. The van der Waals surface area contributed by atoms with Crippen molar-refractivity contribution in [2.24, 2.45) is 10.7 Å². The maximum absolute atomic E-state index is 6.34. The average Bonchev–Trinajstić information content (AvgIpc) is 3.28. The molecule has 3 N–H and O–H groups in total. The fourth-order valence-electron chi connectivity index (χ4n) is 4.92. The number of hydrogen-bond acceptors (Lipinski definition) is 4. The Bertz CT molecular complexity index is 943. The summed E-state index contributed by atoms with van der Waals surface area (Å²) in [6.07, 6.45) is 5.53. The number of para-hydroxylation sites is 1.